The predicted octanol–water partition coefficient (Wildman–Crippen LogP) is 1.52. The second-order valence-electron chi connectivity index (χ2n) is 1.88. The summed E-state index contributed by atoms with van der Waals surface area (Å²) in [6, 6.07) is 1.93. The summed E-state index contributed by atoms with van der Waals surface area (Å²) in [6.45, 7) is 2.03. The van der Waals surface area contributed by atoms with Crippen LogP contribution in [0.1, 0.15) is 19.8 Å². The topological polar surface area (TPSA) is 49.8 Å². The minimum Gasteiger partial charge on any atom is -0.389 e. The summed E-state index contributed by atoms with van der Waals surface area (Å²) in [5.74, 6) is 0. The number of rotatable bonds is 3. The maximum absolute atomic E-state index is 8.44. The number of nitrogens with zero attached hydrogens (tertiary/aromatic N) is 1. The van der Waals surface area contributed by atoms with Crippen LogP contribution in [0, 0.1) is 11.3 Å². The van der Waals surface area contributed by atoms with Crippen molar-refractivity contribution in [2.45, 2.75) is 19.8 Å². The van der Waals surface area contributed by atoms with Gasteiger partial charge in [-0.05, 0) is 6.42 Å². The van der Waals surface area contributed by atoms with Crippen molar-refractivity contribution in [3.8, 4) is 6.07 Å². The van der Waals surface area contributed by atoms with E-state index in [4.69, 9.17) is 11.0 Å². The molecule has 2 nitrogen and oxygen atoms in total. The average molecular weight is 154 g/mol. The molecular formula is C7H10N2S. The first kappa shape index (κ1) is 9.12. The molecule has 0 amide bonds. The molecule has 0 spiro atoms. The Hall–Kier alpha value is -0.880. The highest BCUT2D eigenvalue weighted by molar-refractivity contribution is 7.80. The molecule has 0 unspecified atom stereocenters. The summed E-state index contributed by atoms with van der Waals surface area (Å²) in [4.78, 5) is 0.191. The zero-order chi connectivity index (χ0) is 7.98. The third-order valence-corrected chi connectivity index (χ3v) is 1.24. The number of thiocarbonyl (C=S) groups is 1. The van der Waals surface area contributed by atoms with Crippen molar-refractivity contribution in [3.63, 3.8) is 0 Å². The fourth-order valence-electron chi connectivity index (χ4n) is 0.490. The van der Waals surface area contributed by atoms with E-state index >= 15 is 0 Å². The molecule has 0 aromatic rings. The molecule has 0 bridgehead atoms. The van der Waals surface area contributed by atoms with Crippen molar-refractivity contribution in [3.05, 3.63) is 11.6 Å². The SMILES string of the molecule is CCCC=C(C#N)C(N)=S. The monoisotopic (exact) mass is 154 g/mol. The minimum absolute atomic E-state index is 0.191. The molecule has 0 saturated carbocycles. The van der Waals surface area contributed by atoms with Gasteiger partial charge in [0.15, 0.2) is 0 Å². The fourth-order valence-corrected chi connectivity index (χ4v) is 0.619. The van der Waals surface area contributed by atoms with Crippen LogP contribution in [0.5, 0.6) is 0 Å². The molecule has 2 N–H and O–H groups in total. The van der Waals surface area contributed by atoms with Gasteiger partial charge in [-0.3, -0.25) is 0 Å². The third kappa shape index (κ3) is 3.21. The molecule has 0 aliphatic heterocycles. The van der Waals surface area contributed by atoms with E-state index in [0.717, 1.165) is 12.8 Å². The maximum atomic E-state index is 8.44. The van der Waals surface area contributed by atoms with Crippen LogP contribution in [0.3, 0.4) is 0 Å². The second kappa shape index (κ2) is 4.95. The standard InChI is InChI=1S/C7H10N2S/c1-2-3-4-6(5-8)7(9)10/h4H,2-3H2,1H3,(H2,9,10). The Bertz CT molecular complexity index is 188. The highest BCUT2D eigenvalue weighted by Crippen LogP contribution is 1.97. The molecule has 0 aliphatic rings. The summed E-state index contributed by atoms with van der Waals surface area (Å²) in [5.41, 5.74) is 5.66. The van der Waals surface area contributed by atoms with E-state index in [1.807, 2.05) is 13.0 Å². The maximum Gasteiger partial charge on any atom is 0.114 e. The molecule has 3 heteroatoms. The Kier molecular flexibility index (Phi) is 4.51. The van der Waals surface area contributed by atoms with E-state index in [0.29, 0.717) is 5.57 Å². The van der Waals surface area contributed by atoms with Gasteiger partial charge in [0.05, 0.1) is 5.57 Å². The average Bonchev–Trinajstić information content (AvgIpc) is 1.89. The van der Waals surface area contributed by atoms with Crippen LogP contribution >= 0.6 is 12.2 Å². The number of unbranched alkanes of at least 4 members (excludes halogenated alkanes) is 1. The van der Waals surface area contributed by atoms with Crippen molar-refractivity contribution in [1.29, 1.82) is 5.26 Å². The van der Waals surface area contributed by atoms with Crippen LogP contribution in [-0.4, -0.2) is 4.99 Å². The smallest absolute Gasteiger partial charge is 0.114 e. The first-order valence-corrected chi connectivity index (χ1v) is 3.53. The lowest BCUT2D eigenvalue weighted by atomic mass is 10.2. The minimum atomic E-state index is 0.191. The van der Waals surface area contributed by atoms with Crippen molar-refractivity contribution in [1.82, 2.24) is 0 Å². The normalized spacial score (nSPS) is 10.6. The van der Waals surface area contributed by atoms with Crippen LogP contribution in [-0.2, 0) is 0 Å². The summed E-state index contributed by atoms with van der Waals surface area (Å²) in [5, 5.41) is 8.44. The summed E-state index contributed by atoms with van der Waals surface area (Å²) in [7, 11) is 0. The van der Waals surface area contributed by atoms with E-state index in [1.54, 1.807) is 6.08 Å². The zero-order valence-electron chi connectivity index (χ0n) is 5.92. The van der Waals surface area contributed by atoms with Gasteiger partial charge in [-0.25, -0.2) is 0 Å². The molecule has 0 aromatic heterocycles. The molecular weight excluding hydrogens is 144 g/mol. The summed E-state index contributed by atoms with van der Waals surface area (Å²) >= 11 is 4.62. The lowest BCUT2D eigenvalue weighted by molar-refractivity contribution is 0.956. The Labute approximate surface area is 66.3 Å². The van der Waals surface area contributed by atoms with Crippen LogP contribution in [0.4, 0.5) is 0 Å². The summed E-state index contributed by atoms with van der Waals surface area (Å²) < 4.78 is 0. The van der Waals surface area contributed by atoms with Crippen LogP contribution in [0.2, 0.25) is 0 Å². The van der Waals surface area contributed by atoms with Gasteiger partial charge in [0, 0.05) is 0 Å². The molecule has 0 fully saturated rings. The highest BCUT2D eigenvalue weighted by atomic mass is 32.1. The van der Waals surface area contributed by atoms with Crippen molar-refractivity contribution in [2.24, 2.45) is 5.73 Å². The molecule has 0 rings (SSSR count). The van der Waals surface area contributed by atoms with Crippen molar-refractivity contribution < 1.29 is 0 Å². The van der Waals surface area contributed by atoms with Gasteiger partial charge in [-0.1, -0.05) is 31.6 Å². The number of nitriles is 1. The van der Waals surface area contributed by atoms with Gasteiger partial charge < -0.3 is 5.73 Å². The zero-order valence-corrected chi connectivity index (χ0v) is 6.74. The Balaban J connectivity index is 4.09. The molecule has 0 radical (unpaired) electrons. The quantitative estimate of drug-likeness (QED) is 0.381. The number of hydrogen-bond donors (Lipinski definition) is 1. The van der Waals surface area contributed by atoms with E-state index in [2.05, 4.69) is 12.2 Å². The Morgan fingerprint density at radius 3 is 2.70 bits per heavy atom. The van der Waals surface area contributed by atoms with E-state index in [9.17, 15) is 0 Å². The molecule has 0 aromatic carbocycles. The predicted molar refractivity (Wildman–Crippen MR) is 45.4 cm³/mol. The summed E-state index contributed by atoms with van der Waals surface area (Å²) in [6.07, 6.45) is 3.64. The van der Waals surface area contributed by atoms with Crippen LogP contribution in [0.25, 0.3) is 0 Å². The van der Waals surface area contributed by atoms with Gasteiger partial charge in [-0.15, -0.1) is 0 Å². The molecule has 0 heterocycles. The van der Waals surface area contributed by atoms with Gasteiger partial charge in [0.2, 0.25) is 0 Å². The third-order valence-electron chi connectivity index (χ3n) is 1.02. The van der Waals surface area contributed by atoms with E-state index in [1.165, 1.54) is 0 Å². The lowest BCUT2D eigenvalue weighted by Crippen LogP contribution is -2.09. The van der Waals surface area contributed by atoms with Crippen molar-refractivity contribution >= 4 is 17.2 Å². The van der Waals surface area contributed by atoms with E-state index < -0.39 is 0 Å². The Morgan fingerprint density at radius 2 is 2.40 bits per heavy atom. The number of hydrogen-bond acceptors (Lipinski definition) is 2. The number of nitrogens with two attached hydrogens (primary N) is 1. The van der Waals surface area contributed by atoms with Crippen molar-refractivity contribution in [2.75, 3.05) is 0 Å². The van der Waals surface area contributed by atoms with Gasteiger partial charge in [0.1, 0.15) is 11.1 Å². The first-order valence-electron chi connectivity index (χ1n) is 3.12. The fraction of sp³-hybridized carbons (Fsp3) is 0.429. The highest BCUT2D eigenvalue weighted by Gasteiger charge is 1.95. The molecule has 0 aliphatic carbocycles. The number of allylic oxidation sites excluding steroid dienone is 1. The lowest BCUT2D eigenvalue weighted by Gasteiger charge is -1.91. The molecule has 10 heavy (non-hydrogen) atoms. The van der Waals surface area contributed by atoms with Gasteiger partial charge >= 0.3 is 0 Å². The molecule has 0 atom stereocenters. The van der Waals surface area contributed by atoms with E-state index in [-0.39, 0.29) is 4.99 Å². The van der Waals surface area contributed by atoms with Gasteiger partial charge in [-0.2, -0.15) is 5.26 Å². The Morgan fingerprint density at radius 1 is 1.80 bits per heavy atom. The molecule has 0 saturated heterocycles. The molecule has 54 valence electrons. The van der Waals surface area contributed by atoms with Crippen LogP contribution < -0.4 is 5.73 Å². The van der Waals surface area contributed by atoms with Crippen LogP contribution in [0.15, 0.2) is 11.6 Å². The van der Waals surface area contributed by atoms with Gasteiger partial charge in [0.25, 0.3) is 0 Å². The second-order valence-corrected chi connectivity index (χ2v) is 2.32. The largest absolute Gasteiger partial charge is 0.389 e. The first-order chi connectivity index (χ1) is 4.72.